The molecule has 0 aromatic rings. The summed E-state index contributed by atoms with van der Waals surface area (Å²) in [5.74, 6) is 0. The van der Waals surface area contributed by atoms with Crippen LogP contribution in [0.2, 0.25) is 0 Å². The Bertz CT molecular complexity index is 469. The van der Waals surface area contributed by atoms with Gasteiger partial charge in [0.15, 0.2) is 0 Å². The molecule has 0 saturated carbocycles. The molecule has 1 heterocycles. The highest BCUT2D eigenvalue weighted by atomic mass is 35.7. The van der Waals surface area contributed by atoms with Crippen LogP contribution in [0.25, 0.3) is 10.4 Å². The number of azide groups is 1. The fourth-order valence-corrected chi connectivity index (χ4v) is 0.872. The number of hydrogen-bond acceptors (Lipinski definition) is 5. The molecule has 1 aliphatic rings. The smallest absolute Gasteiger partial charge is 0.409 e. The standard InChI is InChI=1S/C5H8N4O2.C3H5ClO2S/c1-9-3-4(2-7-8-6)11-5(9)10;1-3(2)7(4,5)6/h4H,2-3H2,1H3;1H2,2H3. The molecule has 1 saturated heterocycles. The molecular formula is C8H13ClN4O4S. The molecule has 0 bridgehead atoms. The molecular weight excluding hydrogens is 284 g/mol. The van der Waals surface area contributed by atoms with Gasteiger partial charge < -0.3 is 9.64 Å². The van der Waals surface area contributed by atoms with Crippen LogP contribution in [0.15, 0.2) is 16.6 Å². The summed E-state index contributed by atoms with van der Waals surface area (Å²) in [5, 5.41) is 3.30. The molecule has 1 atom stereocenters. The van der Waals surface area contributed by atoms with E-state index in [1.807, 2.05) is 0 Å². The van der Waals surface area contributed by atoms with E-state index < -0.39 is 9.05 Å². The highest BCUT2D eigenvalue weighted by Gasteiger charge is 2.27. The van der Waals surface area contributed by atoms with Crippen LogP contribution in [0.1, 0.15) is 6.92 Å². The number of cyclic esters (lactones) is 1. The first-order valence-corrected chi connectivity index (χ1v) is 7.02. The van der Waals surface area contributed by atoms with Crippen molar-refractivity contribution in [2.75, 3.05) is 20.1 Å². The number of likely N-dealkylation sites (N-methyl/N-ethyl adjacent to an activating group) is 1. The van der Waals surface area contributed by atoms with Gasteiger partial charge in [-0.05, 0) is 12.5 Å². The number of hydrogen-bond donors (Lipinski definition) is 0. The van der Waals surface area contributed by atoms with Crippen LogP contribution in [-0.2, 0) is 13.8 Å². The second-order valence-electron chi connectivity index (χ2n) is 3.44. The van der Waals surface area contributed by atoms with Crippen molar-refractivity contribution in [3.05, 3.63) is 21.9 Å². The van der Waals surface area contributed by atoms with E-state index in [1.165, 1.54) is 11.8 Å². The molecule has 1 fully saturated rings. The lowest BCUT2D eigenvalue weighted by atomic mass is 10.4. The Hall–Kier alpha value is -1.44. The summed E-state index contributed by atoms with van der Waals surface area (Å²) in [7, 11) is 2.92. The Labute approximate surface area is 109 Å². The summed E-state index contributed by atoms with van der Waals surface area (Å²) in [6, 6.07) is 0. The summed E-state index contributed by atoms with van der Waals surface area (Å²) < 4.78 is 24.8. The lowest BCUT2D eigenvalue weighted by Gasteiger charge is -2.01. The van der Waals surface area contributed by atoms with E-state index in [0.29, 0.717) is 6.54 Å². The molecule has 1 amide bonds. The lowest BCUT2D eigenvalue weighted by molar-refractivity contribution is 0.137. The fraction of sp³-hybridized carbons (Fsp3) is 0.625. The first kappa shape index (κ1) is 16.6. The van der Waals surface area contributed by atoms with Crippen molar-refractivity contribution < 1.29 is 17.9 Å². The van der Waals surface area contributed by atoms with Gasteiger partial charge in [0.2, 0.25) is 0 Å². The van der Waals surface area contributed by atoms with Gasteiger partial charge in [0.1, 0.15) is 6.10 Å². The van der Waals surface area contributed by atoms with Crippen molar-refractivity contribution in [3.63, 3.8) is 0 Å². The summed E-state index contributed by atoms with van der Waals surface area (Å²) in [6.07, 6.45) is -0.633. The molecule has 0 radical (unpaired) electrons. The quantitative estimate of drug-likeness (QED) is 0.342. The lowest BCUT2D eigenvalue weighted by Crippen LogP contribution is -2.20. The van der Waals surface area contributed by atoms with Crippen LogP contribution in [0.3, 0.4) is 0 Å². The van der Waals surface area contributed by atoms with Crippen LogP contribution in [0.5, 0.6) is 0 Å². The normalized spacial score (nSPS) is 18.3. The fourth-order valence-electron chi connectivity index (χ4n) is 0.872. The van der Waals surface area contributed by atoms with E-state index in [-0.39, 0.29) is 23.6 Å². The number of nitrogens with zero attached hydrogens (tertiary/aromatic N) is 4. The highest BCUT2D eigenvalue weighted by Crippen LogP contribution is 2.08. The Morgan fingerprint density at radius 3 is 2.56 bits per heavy atom. The first-order valence-electron chi connectivity index (χ1n) is 4.71. The number of halogens is 1. The maximum absolute atomic E-state index is 10.7. The van der Waals surface area contributed by atoms with Gasteiger partial charge in [-0.15, -0.1) is 0 Å². The number of carbonyl (C=O) groups is 1. The van der Waals surface area contributed by atoms with E-state index in [2.05, 4.69) is 16.6 Å². The summed E-state index contributed by atoms with van der Waals surface area (Å²) in [5.41, 5.74) is 7.96. The van der Waals surface area contributed by atoms with Crippen LogP contribution in [-0.4, -0.2) is 45.7 Å². The van der Waals surface area contributed by atoms with Crippen LogP contribution < -0.4 is 0 Å². The van der Waals surface area contributed by atoms with E-state index in [0.717, 1.165) is 0 Å². The topological polar surface area (TPSA) is 112 Å². The minimum Gasteiger partial charge on any atom is -0.444 e. The van der Waals surface area contributed by atoms with Crippen molar-refractivity contribution in [1.29, 1.82) is 0 Å². The third-order valence-corrected chi connectivity index (χ3v) is 3.44. The van der Waals surface area contributed by atoms with Crippen molar-refractivity contribution in [3.8, 4) is 0 Å². The van der Waals surface area contributed by atoms with Crippen LogP contribution in [0.4, 0.5) is 4.79 Å². The van der Waals surface area contributed by atoms with Gasteiger partial charge >= 0.3 is 6.09 Å². The molecule has 18 heavy (non-hydrogen) atoms. The second kappa shape index (κ2) is 7.10. The van der Waals surface area contributed by atoms with Crippen molar-refractivity contribution in [2.45, 2.75) is 13.0 Å². The number of carbonyl (C=O) groups excluding carboxylic acids is 1. The van der Waals surface area contributed by atoms with Gasteiger partial charge in [0.25, 0.3) is 9.05 Å². The molecule has 10 heteroatoms. The molecule has 1 aliphatic heterocycles. The molecule has 0 N–H and O–H groups in total. The monoisotopic (exact) mass is 296 g/mol. The van der Waals surface area contributed by atoms with Gasteiger partial charge in [-0.3, -0.25) is 0 Å². The summed E-state index contributed by atoms with van der Waals surface area (Å²) in [6.45, 7) is 5.15. The van der Waals surface area contributed by atoms with Crippen LogP contribution >= 0.6 is 10.7 Å². The third kappa shape index (κ3) is 6.33. The van der Waals surface area contributed by atoms with Gasteiger partial charge in [0.05, 0.1) is 13.1 Å². The zero-order valence-corrected chi connectivity index (χ0v) is 11.5. The predicted octanol–water partition coefficient (Wildman–Crippen LogP) is 1.84. The van der Waals surface area contributed by atoms with E-state index in [9.17, 15) is 13.2 Å². The molecule has 8 nitrogen and oxygen atoms in total. The highest BCUT2D eigenvalue weighted by molar-refractivity contribution is 8.16. The Morgan fingerprint density at radius 2 is 2.28 bits per heavy atom. The van der Waals surface area contributed by atoms with Crippen molar-refractivity contribution >= 4 is 25.8 Å². The Balaban J connectivity index is 0.000000360. The summed E-state index contributed by atoms with van der Waals surface area (Å²) >= 11 is 0. The molecule has 1 unspecified atom stereocenters. The maximum atomic E-state index is 10.7. The molecule has 102 valence electrons. The zero-order chi connectivity index (χ0) is 14.3. The molecule has 0 aromatic heterocycles. The van der Waals surface area contributed by atoms with Gasteiger partial charge in [0, 0.05) is 27.5 Å². The van der Waals surface area contributed by atoms with Gasteiger partial charge in [-0.2, -0.15) is 0 Å². The van der Waals surface area contributed by atoms with Crippen molar-refractivity contribution in [2.24, 2.45) is 5.11 Å². The molecule has 0 aromatic carbocycles. The van der Waals surface area contributed by atoms with E-state index >= 15 is 0 Å². The number of amides is 1. The summed E-state index contributed by atoms with van der Waals surface area (Å²) in [4.78, 5) is 14.7. The predicted molar refractivity (Wildman–Crippen MR) is 66.5 cm³/mol. The number of allylic oxidation sites excluding steroid dienone is 1. The van der Waals surface area contributed by atoms with Crippen LogP contribution in [0, 0.1) is 0 Å². The van der Waals surface area contributed by atoms with E-state index in [1.54, 1.807) is 7.05 Å². The Kier molecular flexibility index (Phi) is 6.53. The van der Waals surface area contributed by atoms with Crippen molar-refractivity contribution in [1.82, 2.24) is 4.90 Å². The van der Waals surface area contributed by atoms with Gasteiger partial charge in [-0.25, -0.2) is 13.2 Å². The van der Waals surface area contributed by atoms with Gasteiger partial charge in [-0.1, -0.05) is 11.7 Å². The maximum Gasteiger partial charge on any atom is 0.409 e. The molecule has 1 rings (SSSR count). The first-order chi connectivity index (χ1) is 8.18. The Morgan fingerprint density at radius 1 is 1.78 bits per heavy atom. The second-order valence-corrected chi connectivity index (χ2v) is 6.23. The average molecular weight is 297 g/mol. The minimum absolute atomic E-state index is 0.0193. The number of rotatable bonds is 3. The zero-order valence-electron chi connectivity index (χ0n) is 9.91. The minimum atomic E-state index is -3.46. The largest absolute Gasteiger partial charge is 0.444 e. The molecule has 0 aliphatic carbocycles. The SMILES string of the molecule is C=C(C)S(=O)(=O)Cl.CN1CC(CN=[N+]=[N-])OC1=O. The molecule has 0 spiro atoms. The third-order valence-electron chi connectivity index (χ3n) is 1.82. The number of ether oxygens (including phenoxy) is 1. The average Bonchev–Trinajstić information content (AvgIpc) is 2.55. The van der Waals surface area contributed by atoms with E-state index in [4.69, 9.17) is 21.0 Å².